The largest absolute Gasteiger partial charge is 0.310 e. The molecule has 2 aromatic rings. The van der Waals surface area contributed by atoms with Crippen molar-refractivity contribution in [3.63, 3.8) is 0 Å². The van der Waals surface area contributed by atoms with Gasteiger partial charge in [0.05, 0.1) is 5.69 Å². The van der Waals surface area contributed by atoms with E-state index in [4.69, 9.17) is 0 Å². The number of hydrogen-bond donors (Lipinski definition) is 1. The molecule has 1 aromatic carbocycles. The van der Waals surface area contributed by atoms with Gasteiger partial charge in [0.15, 0.2) is 0 Å². The predicted molar refractivity (Wildman–Crippen MR) is 66.3 cm³/mol. The summed E-state index contributed by atoms with van der Waals surface area (Å²) in [5.41, 5.74) is 2.73. The number of nitrogens with one attached hydrogen (secondary N) is 1. The second kappa shape index (κ2) is 3.80. The summed E-state index contributed by atoms with van der Waals surface area (Å²) in [7, 11) is 0. The lowest BCUT2D eigenvalue weighted by atomic mass is 10.1. The molecule has 2 heterocycles. The highest BCUT2D eigenvalue weighted by molar-refractivity contribution is 6.09. The van der Waals surface area contributed by atoms with Gasteiger partial charge in [-0.2, -0.15) is 9.78 Å². The third-order valence-corrected chi connectivity index (χ3v) is 2.84. The minimum atomic E-state index is -0.298. The zero-order valence-corrected chi connectivity index (χ0v) is 9.80. The van der Waals surface area contributed by atoms with Crippen molar-refractivity contribution in [2.24, 2.45) is 0 Å². The van der Waals surface area contributed by atoms with Crippen LogP contribution in [-0.4, -0.2) is 21.6 Å². The van der Waals surface area contributed by atoms with E-state index >= 15 is 0 Å². The van der Waals surface area contributed by atoms with Gasteiger partial charge in [0.2, 0.25) is 5.91 Å². The summed E-state index contributed by atoms with van der Waals surface area (Å²) in [4.78, 5) is 22.9. The van der Waals surface area contributed by atoms with Crippen LogP contribution < -0.4 is 5.32 Å². The van der Waals surface area contributed by atoms with Gasteiger partial charge < -0.3 is 5.32 Å². The number of amides is 1. The van der Waals surface area contributed by atoms with Crippen LogP contribution in [0.4, 0.5) is 5.82 Å². The van der Waals surface area contributed by atoms with E-state index in [1.165, 1.54) is 4.68 Å². The number of rotatable bonds is 1. The van der Waals surface area contributed by atoms with Crippen LogP contribution in [0.3, 0.4) is 0 Å². The summed E-state index contributed by atoms with van der Waals surface area (Å²) in [6, 6.07) is 9.55. The molecule has 3 rings (SSSR count). The Morgan fingerprint density at radius 1 is 1.28 bits per heavy atom. The van der Waals surface area contributed by atoms with Crippen LogP contribution in [-0.2, 0) is 4.79 Å². The maximum absolute atomic E-state index is 11.6. The van der Waals surface area contributed by atoms with Crippen LogP contribution in [0.5, 0.6) is 0 Å². The molecular formula is C13H11N3O2. The molecule has 0 unspecified atom stereocenters. The maximum atomic E-state index is 11.6. The number of anilines is 1. The lowest BCUT2D eigenvalue weighted by molar-refractivity contribution is -0.115. The Labute approximate surface area is 103 Å². The van der Waals surface area contributed by atoms with Gasteiger partial charge in [-0.05, 0) is 13.0 Å². The van der Waals surface area contributed by atoms with Crippen LogP contribution in [0.1, 0.15) is 16.8 Å². The van der Waals surface area contributed by atoms with Gasteiger partial charge in [-0.3, -0.25) is 9.59 Å². The van der Waals surface area contributed by atoms with Crippen molar-refractivity contribution in [2.45, 2.75) is 13.3 Å². The van der Waals surface area contributed by atoms with E-state index in [9.17, 15) is 9.59 Å². The standard InChI is InChI=1S/C13H11N3O2/c1-8-3-2-4-9(5-8)10-6-11-14-12(17)7-13(18)16(11)15-10/h2-6H,7H2,1H3,(H,14,17). The summed E-state index contributed by atoms with van der Waals surface area (Å²) < 4.78 is 1.25. The summed E-state index contributed by atoms with van der Waals surface area (Å²) in [6.07, 6.45) is -0.151. The van der Waals surface area contributed by atoms with E-state index in [-0.39, 0.29) is 18.2 Å². The number of benzene rings is 1. The predicted octanol–water partition coefficient (Wildman–Crippen LogP) is 1.84. The normalized spacial score (nSPS) is 14.3. The highest BCUT2D eigenvalue weighted by Crippen LogP contribution is 2.24. The van der Waals surface area contributed by atoms with E-state index in [2.05, 4.69) is 10.4 Å². The minimum absolute atomic E-state index is 0.151. The molecule has 0 atom stereocenters. The number of aryl methyl sites for hydroxylation is 1. The van der Waals surface area contributed by atoms with Crippen molar-refractivity contribution in [2.75, 3.05) is 5.32 Å². The number of hydrogen-bond acceptors (Lipinski definition) is 3. The minimum Gasteiger partial charge on any atom is -0.310 e. The topological polar surface area (TPSA) is 64.0 Å². The zero-order chi connectivity index (χ0) is 12.7. The molecule has 1 N–H and O–H groups in total. The Balaban J connectivity index is 2.08. The fraction of sp³-hybridized carbons (Fsp3) is 0.154. The van der Waals surface area contributed by atoms with Gasteiger partial charge in [-0.1, -0.05) is 23.8 Å². The van der Waals surface area contributed by atoms with Gasteiger partial charge in [0.1, 0.15) is 12.2 Å². The van der Waals surface area contributed by atoms with Gasteiger partial charge in [0.25, 0.3) is 5.91 Å². The SMILES string of the molecule is Cc1cccc(-c2cc3n(n2)C(=O)CC(=O)N3)c1. The van der Waals surface area contributed by atoms with E-state index in [1.54, 1.807) is 6.07 Å². The van der Waals surface area contributed by atoms with E-state index in [0.717, 1.165) is 11.1 Å². The number of fused-ring (bicyclic) bond motifs is 1. The molecule has 1 aromatic heterocycles. The van der Waals surface area contributed by atoms with Crippen LogP contribution in [0.15, 0.2) is 30.3 Å². The first kappa shape index (κ1) is 10.7. The fourth-order valence-electron chi connectivity index (χ4n) is 2.00. The molecule has 0 radical (unpaired) electrons. The Hall–Kier alpha value is -2.43. The van der Waals surface area contributed by atoms with E-state index < -0.39 is 0 Å². The molecule has 1 aliphatic heterocycles. The van der Waals surface area contributed by atoms with Crippen LogP contribution in [0.2, 0.25) is 0 Å². The third-order valence-electron chi connectivity index (χ3n) is 2.84. The summed E-state index contributed by atoms with van der Waals surface area (Å²) in [5.74, 6) is -0.149. The third kappa shape index (κ3) is 1.69. The van der Waals surface area contributed by atoms with Crippen molar-refractivity contribution in [1.82, 2.24) is 9.78 Å². The second-order valence-corrected chi connectivity index (χ2v) is 4.31. The number of carbonyl (C=O) groups excluding carboxylic acids is 2. The molecule has 0 saturated heterocycles. The van der Waals surface area contributed by atoms with Crippen molar-refractivity contribution < 1.29 is 9.59 Å². The van der Waals surface area contributed by atoms with E-state index in [0.29, 0.717) is 11.5 Å². The van der Waals surface area contributed by atoms with Gasteiger partial charge in [-0.25, -0.2) is 0 Å². The highest BCUT2D eigenvalue weighted by atomic mass is 16.2. The molecule has 0 bridgehead atoms. The molecule has 5 nitrogen and oxygen atoms in total. The molecule has 5 heteroatoms. The van der Waals surface area contributed by atoms with Crippen LogP contribution >= 0.6 is 0 Å². The van der Waals surface area contributed by atoms with E-state index in [1.807, 2.05) is 31.2 Å². The molecule has 0 aliphatic carbocycles. The molecule has 90 valence electrons. The Morgan fingerprint density at radius 2 is 2.11 bits per heavy atom. The lowest BCUT2D eigenvalue weighted by Gasteiger charge is -2.11. The first-order valence-corrected chi connectivity index (χ1v) is 5.63. The molecule has 0 spiro atoms. The smallest absolute Gasteiger partial charge is 0.258 e. The van der Waals surface area contributed by atoms with Gasteiger partial charge in [-0.15, -0.1) is 0 Å². The Kier molecular flexibility index (Phi) is 2.26. The summed E-state index contributed by atoms with van der Waals surface area (Å²) >= 11 is 0. The van der Waals surface area contributed by atoms with Gasteiger partial charge >= 0.3 is 0 Å². The molecule has 0 fully saturated rings. The Morgan fingerprint density at radius 3 is 2.89 bits per heavy atom. The average molecular weight is 241 g/mol. The van der Waals surface area contributed by atoms with Crippen molar-refractivity contribution in [1.29, 1.82) is 0 Å². The van der Waals surface area contributed by atoms with Crippen molar-refractivity contribution in [3.8, 4) is 11.3 Å². The lowest BCUT2D eigenvalue weighted by Crippen LogP contribution is -2.29. The maximum Gasteiger partial charge on any atom is 0.258 e. The molecule has 1 amide bonds. The Bertz CT molecular complexity index is 658. The number of nitrogens with zero attached hydrogens (tertiary/aromatic N) is 2. The quantitative estimate of drug-likeness (QED) is 0.775. The van der Waals surface area contributed by atoms with Crippen LogP contribution in [0.25, 0.3) is 11.3 Å². The second-order valence-electron chi connectivity index (χ2n) is 4.31. The highest BCUT2D eigenvalue weighted by Gasteiger charge is 2.24. The first-order valence-electron chi connectivity index (χ1n) is 5.63. The summed E-state index contributed by atoms with van der Waals surface area (Å²) in [5, 5.41) is 6.87. The van der Waals surface area contributed by atoms with Crippen molar-refractivity contribution in [3.05, 3.63) is 35.9 Å². The molecule has 0 saturated carbocycles. The molecule has 1 aliphatic rings. The number of aromatic nitrogens is 2. The van der Waals surface area contributed by atoms with Crippen LogP contribution in [0, 0.1) is 6.92 Å². The summed E-state index contributed by atoms with van der Waals surface area (Å²) in [6.45, 7) is 1.99. The first-order chi connectivity index (χ1) is 8.63. The monoisotopic (exact) mass is 241 g/mol. The average Bonchev–Trinajstić information content (AvgIpc) is 2.73. The number of carbonyl (C=O) groups is 2. The zero-order valence-electron chi connectivity index (χ0n) is 9.80. The van der Waals surface area contributed by atoms with Crippen molar-refractivity contribution >= 4 is 17.6 Å². The molecular weight excluding hydrogens is 230 g/mol. The molecule has 18 heavy (non-hydrogen) atoms. The fourth-order valence-corrected chi connectivity index (χ4v) is 2.00. The van der Waals surface area contributed by atoms with Gasteiger partial charge in [0, 0.05) is 11.6 Å².